The van der Waals surface area contributed by atoms with Gasteiger partial charge in [0.2, 0.25) is 0 Å². The minimum Gasteiger partial charge on any atom is -0.395 e. The molecule has 1 amide bonds. The minimum absolute atomic E-state index is 0.118. The number of amides is 1. The second kappa shape index (κ2) is 8.32. The maximum Gasteiger partial charge on any atom is 0.256 e. The Morgan fingerprint density at radius 2 is 1.95 bits per heavy atom. The highest BCUT2D eigenvalue weighted by molar-refractivity contribution is 5.97. The van der Waals surface area contributed by atoms with Gasteiger partial charge in [-0.1, -0.05) is 11.8 Å². The lowest BCUT2D eigenvalue weighted by Crippen LogP contribution is -2.32. The standard InChI is InChI=1S/C15H12FN3O2/c16-13-4-5-14(12(11-13)3-1-2-10-20)15(21)19(8-6-17)9-7-18/h4-5,11,20H,2,8-10H2. The first-order valence-electron chi connectivity index (χ1n) is 6.06. The summed E-state index contributed by atoms with van der Waals surface area (Å²) in [5.41, 5.74) is 0.279. The monoisotopic (exact) mass is 285 g/mol. The molecule has 0 aliphatic rings. The van der Waals surface area contributed by atoms with Crippen LogP contribution in [0.5, 0.6) is 0 Å². The van der Waals surface area contributed by atoms with Crippen molar-refractivity contribution in [3.63, 3.8) is 0 Å². The van der Waals surface area contributed by atoms with Crippen molar-refractivity contribution >= 4 is 5.91 Å². The number of nitrogens with zero attached hydrogens (tertiary/aromatic N) is 3. The molecule has 0 saturated carbocycles. The molecule has 1 N–H and O–H groups in total. The molecular weight excluding hydrogens is 273 g/mol. The van der Waals surface area contributed by atoms with E-state index in [1.807, 2.05) is 0 Å². The van der Waals surface area contributed by atoms with Gasteiger partial charge in [0.25, 0.3) is 5.91 Å². The summed E-state index contributed by atoms with van der Waals surface area (Å²) in [6.07, 6.45) is 0.199. The quantitative estimate of drug-likeness (QED) is 0.661. The smallest absolute Gasteiger partial charge is 0.256 e. The van der Waals surface area contributed by atoms with Gasteiger partial charge in [0.15, 0.2) is 0 Å². The van der Waals surface area contributed by atoms with E-state index < -0.39 is 11.7 Å². The van der Waals surface area contributed by atoms with Crippen LogP contribution in [0.3, 0.4) is 0 Å². The Balaban J connectivity index is 3.17. The Labute approximate surface area is 121 Å². The fourth-order valence-electron chi connectivity index (χ4n) is 1.56. The molecule has 1 rings (SSSR count). The van der Waals surface area contributed by atoms with Crippen molar-refractivity contribution in [1.29, 1.82) is 10.5 Å². The summed E-state index contributed by atoms with van der Waals surface area (Å²) < 4.78 is 13.3. The average Bonchev–Trinajstić information content (AvgIpc) is 2.47. The van der Waals surface area contributed by atoms with Gasteiger partial charge in [-0.25, -0.2) is 4.39 Å². The number of nitriles is 2. The molecule has 106 valence electrons. The number of hydrogen-bond donors (Lipinski definition) is 1. The number of halogens is 1. The second-order valence-corrected chi connectivity index (χ2v) is 3.94. The fraction of sp³-hybridized carbons (Fsp3) is 0.267. The number of rotatable bonds is 4. The molecule has 0 aromatic heterocycles. The normalized spacial score (nSPS) is 8.95. The Kier molecular flexibility index (Phi) is 6.41. The van der Waals surface area contributed by atoms with Gasteiger partial charge in [0.1, 0.15) is 18.9 Å². The largest absolute Gasteiger partial charge is 0.395 e. The molecule has 5 nitrogen and oxygen atoms in total. The molecule has 1 aromatic carbocycles. The molecule has 0 spiro atoms. The van der Waals surface area contributed by atoms with E-state index in [0.717, 1.165) is 17.0 Å². The topological polar surface area (TPSA) is 88.1 Å². The molecule has 0 heterocycles. The third kappa shape index (κ3) is 4.62. The van der Waals surface area contributed by atoms with Crippen molar-refractivity contribution < 1.29 is 14.3 Å². The number of aliphatic hydroxyl groups is 1. The van der Waals surface area contributed by atoms with Crippen LogP contribution in [0.15, 0.2) is 18.2 Å². The van der Waals surface area contributed by atoms with Gasteiger partial charge in [0.05, 0.1) is 24.3 Å². The number of hydrogen-bond acceptors (Lipinski definition) is 4. The number of carbonyl (C=O) groups is 1. The van der Waals surface area contributed by atoms with Crippen LogP contribution in [0.4, 0.5) is 4.39 Å². The lowest BCUT2D eigenvalue weighted by molar-refractivity contribution is 0.0794. The fourth-order valence-corrected chi connectivity index (χ4v) is 1.56. The maximum atomic E-state index is 13.3. The van der Waals surface area contributed by atoms with E-state index in [-0.39, 0.29) is 37.2 Å². The zero-order valence-electron chi connectivity index (χ0n) is 11.1. The van der Waals surface area contributed by atoms with E-state index in [1.54, 1.807) is 12.1 Å². The molecule has 1 aromatic rings. The van der Waals surface area contributed by atoms with E-state index in [2.05, 4.69) is 11.8 Å². The van der Waals surface area contributed by atoms with Crippen LogP contribution in [0.1, 0.15) is 22.3 Å². The second-order valence-electron chi connectivity index (χ2n) is 3.94. The molecule has 0 atom stereocenters. The Bertz CT molecular complexity index is 646. The van der Waals surface area contributed by atoms with Crippen molar-refractivity contribution in [3.05, 3.63) is 35.1 Å². The summed E-state index contributed by atoms with van der Waals surface area (Å²) in [4.78, 5) is 13.3. The Morgan fingerprint density at radius 3 is 2.52 bits per heavy atom. The third-order valence-corrected chi connectivity index (χ3v) is 2.48. The first-order valence-corrected chi connectivity index (χ1v) is 6.06. The molecule has 0 saturated heterocycles. The lowest BCUT2D eigenvalue weighted by atomic mass is 10.1. The van der Waals surface area contributed by atoms with E-state index in [4.69, 9.17) is 15.6 Å². The van der Waals surface area contributed by atoms with Crippen LogP contribution in [0.2, 0.25) is 0 Å². The molecule has 0 unspecified atom stereocenters. The van der Waals surface area contributed by atoms with Crippen LogP contribution in [-0.2, 0) is 0 Å². The van der Waals surface area contributed by atoms with Crippen LogP contribution in [0, 0.1) is 40.3 Å². The number of benzene rings is 1. The van der Waals surface area contributed by atoms with Gasteiger partial charge in [-0.15, -0.1) is 0 Å². The van der Waals surface area contributed by atoms with E-state index in [0.29, 0.717) is 0 Å². The predicted molar refractivity (Wildman–Crippen MR) is 72.1 cm³/mol. The minimum atomic E-state index is -0.564. The van der Waals surface area contributed by atoms with Gasteiger partial charge >= 0.3 is 0 Å². The first-order chi connectivity index (χ1) is 10.1. The zero-order chi connectivity index (χ0) is 15.7. The molecule has 0 aliphatic heterocycles. The van der Waals surface area contributed by atoms with Crippen LogP contribution in [-0.4, -0.2) is 35.6 Å². The molecule has 6 heteroatoms. The van der Waals surface area contributed by atoms with E-state index >= 15 is 0 Å². The Hall–Kier alpha value is -2.88. The van der Waals surface area contributed by atoms with E-state index in [1.165, 1.54) is 6.07 Å². The van der Waals surface area contributed by atoms with Crippen molar-refractivity contribution in [3.8, 4) is 24.0 Å². The highest BCUT2D eigenvalue weighted by Gasteiger charge is 2.18. The van der Waals surface area contributed by atoms with Crippen molar-refractivity contribution in [2.75, 3.05) is 19.7 Å². The average molecular weight is 285 g/mol. The summed E-state index contributed by atoms with van der Waals surface area (Å²) in [6, 6.07) is 7.08. The van der Waals surface area contributed by atoms with Crippen LogP contribution in [0.25, 0.3) is 0 Å². The van der Waals surface area contributed by atoms with Crippen LogP contribution >= 0.6 is 0 Å². The van der Waals surface area contributed by atoms with E-state index in [9.17, 15) is 9.18 Å². The van der Waals surface area contributed by atoms with Gasteiger partial charge in [-0.05, 0) is 18.2 Å². The summed E-state index contributed by atoms with van der Waals surface area (Å²) in [6.45, 7) is -0.624. The third-order valence-electron chi connectivity index (χ3n) is 2.48. The van der Waals surface area contributed by atoms with Crippen molar-refractivity contribution in [1.82, 2.24) is 4.90 Å². The van der Waals surface area contributed by atoms with Gasteiger partial charge < -0.3 is 10.0 Å². The molecule has 21 heavy (non-hydrogen) atoms. The predicted octanol–water partition coefficient (Wildman–Crippen LogP) is 1.05. The zero-order valence-corrected chi connectivity index (χ0v) is 11.1. The number of carbonyl (C=O) groups excluding carboxylic acids is 1. The SMILES string of the molecule is N#CCN(CC#N)C(=O)c1ccc(F)cc1C#CCCO. The lowest BCUT2D eigenvalue weighted by Gasteiger charge is -2.16. The molecule has 0 radical (unpaired) electrons. The maximum absolute atomic E-state index is 13.3. The highest BCUT2D eigenvalue weighted by atomic mass is 19.1. The summed E-state index contributed by atoms with van der Waals surface area (Å²) in [5.74, 6) is 4.11. The van der Waals surface area contributed by atoms with Crippen molar-refractivity contribution in [2.45, 2.75) is 6.42 Å². The summed E-state index contributed by atoms with van der Waals surface area (Å²) >= 11 is 0. The number of aliphatic hydroxyl groups excluding tert-OH is 1. The summed E-state index contributed by atoms with van der Waals surface area (Å²) in [5, 5.41) is 26.0. The van der Waals surface area contributed by atoms with Crippen molar-refractivity contribution in [2.24, 2.45) is 0 Å². The summed E-state index contributed by atoms with van der Waals surface area (Å²) in [7, 11) is 0. The van der Waals surface area contributed by atoms with Gasteiger partial charge in [-0.2, -0.15) is 10.5 Å². The van der Waals surface area contributed by atoms with Gasteiger partial charge in [-0.3, -0.25) is 4.79 Å². The highest BCUT2D eigenvalue weighted by Crippen LogP contribution is 2.13. The Morgan fingerprint density at radius 1 is 1.29 bits per heavy atom. The molecular formula is C15H12FN3O2. The van der Waals surface area contributed by atoms with Crippen LogP contribution < -0.4 is 0 Å². The molecule has 0 bridgehead atoms. The molecule has 0 fully saturated rings. The molecule has 0 aliphatic carbocycles. The first kappa shape index (κ1) is 16.2. The van der Waals surface area contributed by atoms with Gasteiger partial charge in [0, 0.05) is 12.0 Å².